The van der Waals surface area contributed by atoms with E-state index < -0.39 is 11.6 Å². The largest absolute Gasteiger partial charge is 0.204 e. The normalized spacial score (nSPS) is 30.9. The summed E-state index contributed by atoms with van der Waals surface area (Å²) < 4.78 is 26.6. The Balaban J connectivity index is 1.43. The molecule has 26 heavy (non-hydrogen) atoms. The molecule has 1 aromatic carbocycles. The van der Waals surface area contributed by atoms with Crippen molar-refractivity contribution in [1.82, 2.24) is 0 Å². The first-order valence-corrected chi connectivity index (χ1v) is 11.0. The Morgan fingerprint density at radius 2 is 1.54 bits per heavy atom. The zero-order valence-electron chi connectivity index (χ0n) is 16.7. The lowest BCUT2D eigenvalue weighted by molar-refractivity contribution is 0.169. The number of rotatable bonds is 6. The highest BCUT2D eigenvalue weighted by Crippen LogP contribution is 2.42. The van der Waals surface area contributed by atoms with Crippen LogP contribution < -0.4 is 0 Å². The summed E-state index contributed by atoms with van der Waals surface area (Å²) in [7, 11) is 0. The topological polar surface area (TPSA) is 0 Å². The van der Waals surface area contributed by atoms with E-state index in [2.05, 4.69) is 13.8 Å². The van der Waals surface area contributed by atoms with Gasteiger partial charge in [-0.25, -0.2) is 8.78 Å². The highest BCUT2D eigenvalue weighted by molar-refractivity contribution is 5.22. The SMILES string of the molecule is CCCC1CCC(C(C)CC2CCC(c3ccc(F)c(F)c3)CC2)CC1. The standard InChI is InChI=1S/C24H36F2/c1-3-4-18-5-9-20(10-6-18)17(2)15-19-7-11-21(12-8-19)22-13-14-23(25)24(26)16-22/h13-14,16-21H,3-12,15H2,1-2H3. The molecule has 1 aromatic rings. The average Bonchev–Trinajstić information content (AvgIpc) is 2.65. The summed E-state index contributed by atoms with van der Waals surface area (Å²) in [6, 6.07) is 4.48. The van der Waals surface area contributed by atoms with E-state index in [1.54, 1.807) is 6.07 Å². The number of halogens is 2. The molecule has 146 valence electrons. The molecule has 0 saturated heterocycles. The van der Waals surface area contributed by atoms with E-state index in [-0.39, 0.29) is 0 Å². The molecule has 0 spiro atoms. The molecular weight excluding hydrogens is 326 g/mol. The molecular formula is C24H36F2. The van der Waals surface area contributed by atoms with E-state index in [4.69, 9.17) is 0 Å². The van der Waals surface area contributed by atoms with Crippen LogP contribution in [0.25, 0.3) is 0 Å². The zero-order valence-corrected chi connectivity index (χ0v) is 16.7. The molecule has 2 aliphatic rings. The summed E-state index contributed by atoms with van der Waals surface area (Å²) in [5.74, 6) is 2.60. The summed E-state index contributed by atoms with van der Waals surface area (Å²) in [4.78, 5) is 0. The van der Waals surface area contributed by atoms with Gasteiger partial charge in [0.05, 0.1) is 0 Å². The highest BCUT2D eigenvalue weighted by atomic mass is 19.2. The van der Waals surface area contributed by atoms with Gasteiger partial charge in [-0.15, -0.1) is 0 Å². The van der Waals surface area contributed by atoms with Crippen LogP contribution in [0.3, 0.4) is 0 Å². The molecule has 0 aromatic heterocycles. The maximum Gasteiger partial charge on any atom is 0.159 e. The molecule has 0 aliphatic heterocycles. The third kappa shape index (κ3) is 5.08. The molecule has 1 unspecified atom stereocenters. The van der Waals surface area contributed by atoms with Crippen molar-refractivity contribution < 1.29 is 8.78 Å². The van der Waals surface area contributed by atoms with Crippen LogP contribution in [-0.2, 0) is 0 Å². The van der Waals surface area contributed by atoms with Crippen molar-refractivity contribution >= 4 is 0 Å². The molecule has 2 saturated carbocycles. The van der Waals surface area contributed by atoms with Crippen LogP contribution in [0.1, 0.15) is 96.0 Å². The van der Waals surface area contributed by atoms with E-state index in [1.165, 1.54) is 69.9 Å². The monoisotopic (exact) mass is 362 g/mol. The fourth-order valence-corrected chi connectivity index (χ4v) is 5.67. The molecule has 0 amide bonds. The molecule has 0 radical (unpaired) electrons. The highest BCUT2D eigenvalue weighted by Gasteiger charge is 2.29. The van der Waals surface area contributed by atoms with Crippen molar-refractivity contribution in [2.45, 2.75) is 90.4 Å². The van der Waals surface area contributed by atoms with E-state index >= 15 is 0 Å². The van der Waals surface area contributed by atoms with E-state index in [0.717, 1.165) is 42.1 Å². The lowest BCUT2D eigenvalue weighted by Crippen LogP contribution is -2.23. The van der Waals surface area contributed by atoms with Gasteiger partial charge in [0.1, 0.15) is 0 Å². The van der Waals surface area contributed by atoms with Gasteiger partial charge in [0.25, 0.3) is 0 Å². The molecule has 3 rings (SSSR count). The van der Waals surface area contributed by atoms with Crippen LogP contribution in [0, 0.1) is 35.3 Å². The van der Waals surface area contributed by atoms with Crippen molar-refractivity contribution in [3.05, 3.63) is 35.4 Å². The maximum absolute atomic E-state index is 13.5. The quantitative estimate of drug-likeness (QED) is 0.483. The van der Waals surface area contributed by atoms with Crippen LogP contribution in [0.15, 0.2) is 18.2 Å². The summed E-state index contributed by atoms with van der Waals surface area (Å²) >= 11 is 0. The third-order valence-electron chi connectivity index (χ3n) is 7.36. The second-order valence-electron chi connectivity index (χ2n) is 9.17. The van der Waals surface area contributed by atoms with Crippen molar-refractivity contribution in [3.8, 4) is 0 Å². The molecule has 0 bridgehead atoms. The van der Waals surface area contributed by atoms with Gasteiger partial charge in [-0.05, 0) is 92.2 Å². The van der Waals surface area contributed by atoms with Gasteiger partial charge in [0.15, 0.2) is 11.6 Å². The van der Waals surface area contributed by atoms with Crippen LogP contribution in [-0.4, -0.2) is 0 Å². The van der Waals surface area contributed by atoms with Gasteiger partial charge < -0.3 is 0 Å². The average molecular weight is 363 g/mol. The third-order valence-corrected chi connectivity index (χ3v) is 7.36. The Labute approximate surface area is 158 Å². The van der Waals surface area contributed by atoms with Crippen molar-refractivity contribution in [2.24, 2.45) is 23.7 Å². The van der Waals surface area contributed by atoms with E-state index in [1.807, 2.05) is 0 Å². The van der Waals surface area contributed by atoms with E-state index in [0.29, 0.717) is 5.92 Å². The lowest BCUT2D eigenvalue weighted by Gasteiger charge is -2.36. The lowest BCUT2D eigenvalue weighted by atomic mass is 9.70. The number of hydrogen-bond acceptors (Lipinski definition) is 0. The molecule has 2 fully saturated rings. The zero-order chi connectivity index (χ0) is 18.5. The van der Waals surface area contributed by atoms with Gasteiger partial charge in [0, 0.05) is 0 Å². The Morgan fingerprint density at radius 3 is 2.15 bits per heavy atom. The molecule has 0 N–H and O–H groups in total. The maximum atomic E-state index is 13.5. The van der Waals surface area contributed by atoms with Crippen molar-refractivity contribution in [1.29, 1.82) is 0 Å². The Hall–Kier alpha value is -0.920. The fraction of sp³-hybridized carbons (Fsp3) is 0.750. The van der Waals surface area contributed by atoms with E-state index in [9.17, 15) is 8.78 Å². The second-order valence-corrected chi connectivity index (χ2v) is 9.17. The fourth-order valence-electron chi connectivity index (χ4n) is 5.67. The van der Waals surface area contributed by atoms with Gasteiger partial charge in [-0.2, -0.15) is 0 Å². The number of hydrogen-bond donors (Lipinski definition) is 0. The Bertz CT molecular complexity index is 551. The van der Waals surface area contributed by atoms with Crippen LogP contribution in [0.5, 0.6) is 0 Å². The molecule has 0 nitrogen and oxygen atoms in total. The second kappa shape index (κ2) is 9.33. The first kappa shape index (κ1) is 19.8. The van der Waals surface area contributed by atoms with Crippen LogP contribution in [0.4, 0.5) is 8.78 Å². The van der Waals surface area contributed by atoms with Crippen LogP contribution >= 0.6 is 0 Å². The minimum absolute atomic E-state index is 0.418. The smallest absolute Gasteiger partial charge is 0.159 e. The van der Waals surface area contributed by atoms with Crippen molar-refractivity contribution in [2.75, 3.05) is 0 Å². The molecule has 2 heteroatoms. The summed E-state index contributed by atoms with van der Waals surface area (Å²) in [6.45, 7) is 4.79. The predicted molar refractivity (Wildman–Crippen MR) is 105 cm³/mol. The number of benzene rings is 1. The van der Waals surface area contributed by atoms with Crippen molar-refractivity contribution in [3.63, 3.8) is 0 Å². The molecule has 0 heterocycles. The Morgan fingerprint density at radius 1 is 0.885 bits per heavy atom. The molecule has 1 atom stereocenters. The van der Waals surface area contributed by atoms with Gasteiger partial charge in [0.2, 0.25) is 0 Å². The first-order valence-electron chi connectivity index (χ1n) is 11.0. The summed E-state index contributed by atoms with van der Waals surface area (Å²) in [5.41, 5.74) is 0.990. The minimum atomic E-state index is -0.732. The molecule has 2 aliphatic carbocycles. The van der Waals surface area contributed by atoms with Gasteiger partial charge in [-0.3, -0.25) is 0 Å². The minimum Gasteiger partial charge on any atom is -0.204 e. The van der Waals surface area contributed by atoms with Crippen LogP contribution in [0.2, 0.25) is 0 Å². The predicted octanol–water partition coefficient (Wildman–Crippen LogP) is 7.87. The van der Waals surface area contributed by atoms with Gasteiger partial charge in [-0.1, -0.05) is 45.6 Å². The Kier molecular flexibility index (Phi) is 7.12. The first-order chi connectivity index (χ1) is 12.6. The summed E-state index contributed by atoms with van der Waals surface area (Å²) in [6.07, 6.45) is 14.7. The van der Waals surface area contributed by atoms with Gasteiger partial charge >= 0.3 is 0 Å². The summed E-state index contributed by atoms with van der Waals surface area (Å²) in [5, 5.41) is 0.